The van der Waals surface area contributed by atoms with Crippen molar-refractivity contribution < 1.29 is 4.79 Å². The zero-order valence-electron chi connectivity index (χ0n) is 11.0. The number of primary amides is 1. The zero-order valence-corrected chi connectivity index (χ0v) is 12.6. The first-order valence-corrected chi connectivity index (χ1v) is 7.97. The smallest absolute Gasteiger partial charge is 0.234 e. The van der Waals surface area contributed by atoms with Crippen molar-refractivity contribution in [1.29, 1.82) is 0 Å². The molecule has 2 rings (SSSR count). The molecular weight excluding hydrogens is 276 g/mol. The molecule has 0 saturated heterocycles. The maximum absolute atomic E-state index is 11.6. The minimum atomic E-state index is -0.325. The van der Waals surface area contributed by atoms with Crippen LogP contribution in [0.1, 0.15) is 29.6 Å². The molecule has 0 radical (unpaired) electrons. The van der Waals surface area contributed by atoms with E-state index in [4.69, 9.17) is 5.73 Å². The van der Waals surface area contributed by atoms with Gasteiger partial charge >= 0.3 is 0 Å². The fraction of sp³-hybridized carbons (Fsp3) is 0.357. The molecule has 102 valence electrons. The van der Waals surface area contributed by atoms with Crippen LogP contribution in [0.3, 0.4) is 0 Å². The topological polar surface area (TPSA) is 55.1 Å². The van der Waals surface area contributed by atoms with Gasteiger partial charge in [0.25, 0.3) is 0 Å². The first kappa shape index (κ1) is 14.2. The summed E-state index contributed by atoms with van der Waals surface area (Å²) in [6.07, 6.45) is 0. The number of hydrogen-bond acceptors (Lipinski definition) is 4. The van der Waals surface area contributed by atoms with Crippen molar-refractivity contribution in [3.63, 3.8) is 0 Å². The molecule has 2 aromatic rings. The van der Waals surface area contributed by atoms with E-state index < -0.39 is 0 Å². The van der Waals surface area contributed by atoms with Gasteiger partial charge in [0.15, 0.2) is 0 Å². The molecule has 1 unspecified atom stereocenters. The zero-order chi connectivity index (χ0) is 13.8. The van der Waals surface area contributed by atoms with Gasteiger partial charge in [0, 0.05) is 9.75 Å². The van der Waals surface area contributed by atoms with Crippen LogP contribution in [0, 0.1) is 5.92 Å². The van der Waals surface area contributed by atoms with Crippen LogP contribution in [0.15, 0.2) is 35.0 Å². The summed E-state index contributed by atoms with van der Waals surface area (Å²) < 4.78 is 0. The van der Waals surface area contributed by atoms with Crippen LogP contribution in [0.25, 0.3) is 0 Å². The summed E-state index contributed by atoms with van der Waals surface area (Å²) >= 11 is 3.37. The second-order valence-electron chi connectivity index (χ2n) is 4.75. The fourth-order valence-corrected chi connectivity index (χ4v) is 3.68. The van der Waals surface area contributed by atoms with Gasteiger partial charge in [-0.2, -0.15) is 0 Å². The molecule has 0 spiro atoms. The second-order valence-corrected chi connectivity index (χ2v) is 6.71. The van der Waals surface area contributed by atoms with Gasteiger partial charge in [0.05, 0.1) is 12.1 Å². The Bertz CT molecular complexity index is 471. The highest BCUT2D eigenvalue weighted by atomic mass is 32.1. The lowest BCUT2D eigenvalue weighted by Gasteiger charge is -2.25. The van der Waals surface area contributed by atoms with Crippen molar-refractivity contribution in [3.05, 3.63) is 44.8 Å². The number of hydrogen-bond donors (Lipinski definition) is 2. The number of rotatable bonds is 6. The van der Waals surface area contributed by atoms with Gasteiger partial charge in [-0.1, -0.05) is 26.0 Å². The molecule has 0 saturated carbocycles. The SMILES string of the molecule is CC(C)C(NC(c1cccs1)c1cccs1)C(N)=O. The Kier molecular flexibility index (Phi) is 4.74. The molecule has 0 aliphatic rings. The van der Waals surface area contributed by atoms with Gasteiger partial charge in [0.2, 0.25) is 5.91 Å². The summed E-state index contributed by atoms with van der Waals surface area (Å²) in [4.78, 5) is 14.0. The van der Waals surface area contributed by atoms with Gasteiger partial charge in [-0.3, -0.25) is 10.1 Å². The van der Waals surface area contributed by atoms with Crippen LogP contribution in [0.5, 0.6) is 0 Å². The molecule has 1 atom stereocenters. The molecule has 3 N–H and O–H groups in total. The average Bonchev–Trinajstić information content (AvgIpc) is 3.00. The first-order valence-electron chi connectivity index (χ1n) is 6.21. The molecule has 2 aromatic heterocycles. The lowest BCUT2D eigenvalue weighted by molar-refractivity contribution is -0.121. The fourth-order valence-electron chi connectivity index (χ4n) is 2.00. The number of amides is 1. The molecule has 0 aliphatic heterocycles. The summed E-state index contributed by atoms with van der Waals surface area (Å²) in [7, 11) is 0. The Balaban J connectivity index is 2.26. The normalized spacial score (nSPS) is 13.1. The summed E-state index contributed by atoms with van der Waals surface area (Å²) in [6.45, 7) is 4.00. The molecule has 0 aliphatic carbocycles. The Labute approximate surface area is 121 Å². The van der Waals surface area contributed by atoms with E-state index in [9.17, 15) is 4.79 Å². The molecule has 1 amide bonds. The van der Waals surface area contributed by atoms with Crippen LogP contribution >= 0.6 is 22.7 Å². The lowest BCUT2D eigenvalue weighted by atomic mass is 10.0. The number of nitrogens with two attached hydrogens (primary N) is 1. The van der Waals surface area contributed by atoms with Crippen molar-refractivity contribution in [2.24, 2.45) is 11.7 Å². The summed E-state index contributed by atoms with van der Waals surface area (Å²) in [6, 6.07) is 7.93. The maximum Gasteiger partial charge on any atom is 0.234 e. The Morgan fingerprint density at radius 3 is 2.00 bits per heavy atom. The van der Waals surface area contributed by atoms with Crippen molar-refractivity contribution in [2.75, 3.05) is 0 Å². The molecule has 0 bridgehead atoms. The molecular formula is C14H18N2OS2. The minimum absolute atomic E-state index is 0.0416. The van der Waals surface area contributed by atoms with Gasteiger partial charge in [0.1, 0.15) is 0 Å². The van der Waals surface area contributed by atoms with E-state index in [0.29, 0.717) is 0 Å². The van der Waals surface area contributed by atoms with Crippen LogP contribution in [0.2, 0.25) is 0 Å². The van der Waals surface area contributed by atoms with Crippen LogP contribution in [-0.4, -0.2) is 11.9 Å². The van der Waals surface area contributed by atoms with E-state index in [1.807, 2.05) is 36.7 Å². The third kappa shape index (κ3) is 3.43. The quantitative estimate of drug-likeness (QED) is 0.860. The molecule has 0 aromatic carbocycles. The third-order valence-corrected chi connectivity index (χ3v) is 4.85. The minimum Gasteiger partial charge on any atom is -0.368 e. The Morgan fingerprint density at radius 1 is 1.16 bits per heavy atom. The standard InChI is InChI=1S/C14H18N2OS2/c1-9(2)12(14(15)17)16-13(10-5-3-7-18-10)11-6-4-8-19-11/h3-9,12-13,16H,1-2H3,(H2,15,17). The third-order valence-electron chi connectivity index (χ3n) is 2.97. The second kappa shape index (κ2) is 6.32. The van der Waals surface area contributed by atoms with Gasteiger partial charge < -0.3 is 5.73 Å². The Morgan fingerprint density at radius 2 is 1.68 bits per heavy atom. The molecule has 0 fully saturated rings. The highest BCUT2D eigenvalue weighted by Gasteiger charge is 2.25. The molecule has 3 nitrogen and oxygen atoms in total. The van der Waals surface area contributed by atoms with Gasteiger partial charge in [-0.25, -0.2) is 0 Å². The molecule has 2 heterocycles. The van der Waals surface area contributed by atoms with Crippen molar-refractivity contribution in [3.8, 4) is 0 Å². The lowest BCUT2D eigenvalue weighted by Crippen LogP contribution is -2.46. The van der Waals surface area contributed by atoms with Gasteiger partial charge in [-0.15, -0.1) is 22.7 Å². The number of thiophene rings is 2. The van der Waals surface area contributed by atoms with Gasteiger partial charge in [-0.05, 0) is 28.8 Å². The number of carbonyl (C=O) groups excluding carboxylic acids is 1. The van der Waals surface area contributed by atoms with E-state index in [1.165, 1.54) is 9.75 Å². The Hall–Kier alpha value is -1.17. The van der Waals surface area contributed by atoms with Crippen molar-refractivity contribution in [2.45, 2.75) is 25.9 Å². The van der Waals surface area contributed by atoms with Crippen molar-refractivity contribution in [1.82, 2.24) is 5.32 Å². The highest BCUT2D eigenvalue weighted by molar-refractivity contribution is 7.11. The van der Waals surface area contributed by atoms with Crippen LogP contribution < -0.4 is 11.1 Å². The van der Waals surface area contributed by atoms with Crippen LogP contribution in [0.4, 0.5) is 0 Å². The molecule has 19 heavy (non-hydrogen) atoms. The summed E-state index contributed by atoms with van der Waals surface area (Å²) in [5.74, 6) is -0.131. The number of nitrogens with one attached hydrogen (secondary N) is 1. The highest BCUT2D eigenvalue weighted by Crippen LogP contribution is 2.30. The first-order chi connectivity index (χ1) is 9.09. The van der Waals surface area contributed by atoms with Crippen molar-refractivity contribution >= 4 is 28.6 Å². The summed E-state index contributed by atoms with van der Waals surface area (Å²) in [5.41, 5.74) is 5.50. The largest absolute Gasteiger partial charge is 0.368 e. The maximum atomic E-state index is 11.6. The monoisotopic (exact) mass is 294 g/mol. The summed E-state index contributed by atoms with van der Waals surface area (Å²) in [5, 5.41) is 7.50. The average molecular weight is 294 g/mol. The van der Waals surface area contributed by atoms with E-state index in [0.717, 1.165) is 0 Å². The predicted octanol–water partition coefficient (Wildman–Crippen LogP) is 3.00. The number of carbonyl (C=O) groups is 1. The van der Waals surface area contributed by atoms with E-state index in [2.05, 4.69) is 17.4 Å². The molecule has 5 heteroatoms. The van der Waals surface area contributed by atoms with E-state index >= 15 is 0 Å². The predicted molar refractivity (Wildman–Crippen MR) is 81.4 cm³/mol. The van der Waals surface area contributed by atoms with Crippen LogP contribution in [-0.2, 0) is 4.79 Å². The van der Waals surface area contributed by atoms with E-state index in [-0.39, 0.29) is 23.9 Å². The van der Waals surface area contributed by atoms with E-state index in [1.54, 1.807) is 22.7 Å².